The summed E-state index contributed by atoms with van der Waals surface area (Å²) in [6, 6.07) is 0. The number of hydrogen-bond donors (Lipinski definition) is 1. The minimum absolute atomic E-state index is 0.589. The maximum Gasteiger partial charge on any atom is 0.187 e. The Balaban J connectivity index is 2.08. The minimum atomic E-state index is 0.589. The molecule has 3 rings (SSSR count). The van der Waals surface area contributed by atoms with Crippen molar-refractivity contribution in [2.24, 2.45) is 0 Å². The van der Waals surface area contributed by atoms with E-state index < -0.39 is 0 Å². The largest absolute Gasteiger partial charge is 0.484 e. The van der Waals surface area contributed by atoms with Crippen LogP contribution in [0.25, 0.3) is 10.6 Å². The summed E-state index contributed by atoms with van der Waals surface area (Å²) in [5.74, 6) is 1.61. The predicted octanol–water partition coefficient (Wildman–Crippen LogP) is 3.45. The third kappa shape index (κ3) is 1.92. The molecule has 0 aliphatic carbocycles. The highest BCUT2D eigenvalue weighted by Gasteiger charge is 2.25. The van der Waals surface area contributed by atoms with E-state index in [4.69, 9.17) is 9.47 Å². The Bertz CT molecular complexity index is 552. The van der Waals surface area contributed by atoms with Crippen molar-refractivity contribution in [3.63, 3.8) is 0 Å². The quantitative estimate of drug-likeness (QED) is 0.914. The number of halogens is 1. The van der Waals surface area contributed by atoms with Gasteiger partial charge in [0.1, 0.15) is 21.9 Å². The van der Waals surface area contributed by atoms with E-state index in [1.807, 2.05) is 12.4 Å². The second kappa shape index (κ2) is 4.47. The molecule has 0 fully saturated rings. The predicted molar refractivity (Wildman–Crippen MR) is 73.7 cm³/mol. The van der Waals surface area contributed by atoms with Gasteiger partial charge in [0.05, 0.1) is 5.69 Å². The zero-order valence-electron chi connectivity index (χ0n) is 8.95. The molecule has 7 heteroatoms. The van der Waals surface area contributed by atoms with Crippen molar-refractivity contribution >= 4 is 43.7 Å². The third-order valence-electron chi connectivity index (χ3n) is 2.31. The first-order valence-corrected chi connectivity index (χ1v) is 7.50. The number of anilines is 1. The highest BCUT2D eigenvalue weighted by atomic mass is 79.9. The molecule has 2 aromatic rings. The zero-order chi connectivity index (χ0) is 11.8. The van der Waals surface area contributed by atoms with Crippen LogP contribution in [0.4, 0.5) is 5.13 Å². The van der Waals surface area contributed by atoms with E-state index in [1.165, 1.54) is 0 Å². The molecular formula is C10H9BrN2O2S2. The SMILES string of the molecule is CNc1nc(-c2sc(Br)c3c2OCCO3)cs1. The van der Waals surface area contributed by atoms with E-state index in [9.17, 15) is 0 Å². The van der Waals surface area contributed by atoms with Crippen LogP contribution in [0.1, 0.15) is 0 Å². The Morgan fingerprint density at radius 3 is 2.82 bits per heavy atom. The zero-order valence-corrected chi connectivity index (χ0v) is 12.2. The number of hydrogen-bond acceptors (Lipinski definition) is 6. The molecule has 0 amide bonds. The lowest BCUT2D eigenvalue weighted by atomic mass is 10.3. The first-order valence-electron chi connectivity index (χ1n) is 5.01. The molecule has 0 radical (unpaired) electrons. The van der Waals surface area contributed by atoms with E-state index in [1.54, 1.807) is 22.7 Å². The topological polar surface area (TPSA) is 43.4 Å². The Kier molecular flexibility index (Phi) is 2.97. The van der Waals surface area contributed by atoms with Crippen LogP contribution in [0.15, 0.2) is 9.17 Å². The first-order chi connectivity index (χ1) is 8.29. The summed E-state index contributed by atoms with van der Waals surface area (Å²) < 4.78 is 12.2. The van der Waals surface area contributed by atoms with Crippen LogP contribution in [-0.2, 0) is 0 Å². The Morgan fingerprint density at radius 1 is 1.35 bits per heavy atom. The average Bonchev–Trinajstić information content (AvgIpc) is 2.95. The summed E-state index contributed by atoms with van der Waals surface area (Å²) in [6.07, 6.45) is 0. The molecule has 0 saturated heterocycles. The fourth-order valence-electron chi connectivity index (χ4n) is 1.58. The Morgan fingerprint density at radius 2 is 2.12 bits per heavy atom. The van der Waals surface area contributed by atoms with E-state index >= 15 is 0 Å². The van der Waals surface area contributed by atoms with Gasteiger partial charge in [-0.3, -0.25) is 0 Å². The van der Waals surface area contributed by atoms with Gasteiger partial charge in [0.2, 0.25) is 0 Å². The average molecular weight is 333 g/mol. The molecule has 0 atom stereocenters. The molecule has 1 aliphatic rings. The second-order valence-corrected chi connectivity index (χ2v) is 6.54. The van der Waals surface area contributed by atoms with Crippen LogP contribution in [0.2, 0.25) is 0 Å². The maximum atomic E-state index is 5.67. The van der Waals surface area contributed by atoms with E-state index in [-0.39, 0.29) is 0 Å². The number of rotatable bonds is 2. The van der Waals surface area contributed by atoms with Crippen molar-refractivity contribution in [3.05, 3.63) is 9.17 Å². The molecule has 0 spiro atoms. The number of thiazole rings is 1. The van der Waals surface area contributed by atoms with Gasteiger partial charge < -0.3 is 14.8 Å². The second-order valence-electron chi connectivity index (χ2n) is 3.35. The molecule has 2 aromatic heterocycles. The number of ether oxygens (including phenoxy) is 2. The number of nitrogens with zero attached hydrogens (tertiary/aromatic N) is 1. The number of fused-ring (bicyclic) bond motifs is 1. The van der Waals surface area contributed by atoms with Crippen LogP contribution in [0.5, 0.6) is 11.5 Å². The normalized spacial score (nSPS) is 13.8. The summed E-state index contributed by atoms with van der Waals surface area (Å²) in [5.41, 5.74) is 0.928. The van der Waals surface area contributed by atoms with Crippen molar-refractivity contribution in [1.82, 2.24) is 4.98 Å². The van der Waals surface area contributed by atoms with Crippen molar-refractivity contribution < 1.29 is 9.47 Å². The maximum absolute atomic E-state index is 5.67. The first kappa shape index (κ1) is 11.3. The fourth-order valence-corrected chi connectivity index (χ4v) is 3.97. The van der Waals surface area contributed by atoms with Gasteiger partial charge >= 0.3 is 0 Å². The molecule has 90 valence electrons. The molecule has 0 bridgehead atoms. The molecule has 1 aliphatic heterocycles. The van der Waals surface area contributed by atoms with Crippen LogP contribution in [0.3, 0.4) is 0 Å². The highest BCUT2D eigenvalue weighted by molar-refractivity contribution is 9.11. The molecule has 17 heavy (non-hydrogen) atoms. The lowest BCUT2D eigenvalue weighted by Crippen LogP contribution is -2.14. The lowest BCUT2D eigenvalue weighted by molar-refractivity contribution is 0.173. The van der Waals surface area contributed by atoms with Crippen molar-refractivity contribution in [1.29, 1.82) is 0 Å². The standard InChI is InChI=1S/C10H9BrN2O2S2/c1-12-10-13-5(4-16-10)8-6-7(9(11)17-8)15-3-2-14-6/h4H,2-3H2,1H3,(H,12,13). The Labute approximate surface area is 115 Å². The number of nitrogens with one attached hydrogen (secondary N) is 1. The number of thiophene rings is 1. The van der Waals surface area contributed by atoms with Gasteiger partial charge in [0.25, 0.3) is 0 Å². The third-order valence-corrected chi connectivity index (χ3v) is 4.98. The smallest absolute Gasteiger partial charge is 0.187 e. The summed E-state index contributed by atoms with van der Waals surface area (Å²) in [5, 5.41) is 5.95. The van der Waals surface area contributed by atoms with Gasteiger partial charge in [-0.2, -0.15) is 0 Å². The molecule has 0 unspecified atom stereocenters. The summed E-state index contributed by atoms with van der Waals surface area (Å²) in [7, 11) is 1.86. The van der Waals surface area contributed by atoms with Gasteiger partial charge in [0, 0.05) is 12.4 Å². The van der Waals surface area contributed by atoms with E-state index in [2.05, 4.69) is 26.2 Å². The van der Waals surface area contributed by atoms with Gasteiger partial charge in [-0.1, -0.05) is 0 Å². The van der Waals surface area contributed by atoms with Gasteiger partial charge in [-0.05, 0) is 15.9 Å². The van der Waals surface area contributed by atoms with Gasteiger partial charge in [-0.15, -0.1) is 22.7 Å². The van der Waals surface area contributed by atoms with E-state index in [0.717, 1.165) is 31.0 Å². The summed E-state index contributed by atoms with van der Waals surface area (Å²) in [4.78, 5) is 5.50. The molecule has 0 aromatic carbocycles. The minimum Gasteiger partial charge on any atom is -0.484 e. The summed E-state index contributed by atoms with van der Waals surface area (Å²) >= 11 is 6.66. The monoisotopic (exact) mass is 332 g/mol. The van der Waals surface area contributed by atoms with Crippen LogP contribution in [0, 0.1) is 0 Å². The van der Waals surface area contributed by atoms with Crippen molar-refractivity contribution in [2.75, 3.05) is 25.6 Å². The summed E-state index contributed by atoms with van der Waals surface area (Å²) in [6.45, 7) is 1.19. The van der Waals surface area contributed by atoms with Gasteiger partial charge in [0.15, 0.2) is 16.6 Å². The van der Waals surface area contributed by atoms with Crippen LogP contribution >= 0.6 is 38.6 Å². The molecular weight excluding hydrogens is 324 g/mol. The van der Waals surface area contributed by atoms with Crippen LogP contribution in [-0.4, -0.2) is 25.2 Å². The Hall–Kier alpha value is -0.790. The number of aromatic nitrogens is 1. The van der Waals surface area contributed by atoms with Crippen molar-refractivity contribution in [2.45, 2.75) is 0 Å². The van der Waals surface area contributed by atoms with Gasteiger partial charge in [-0.25, -0.2) is 4.98 Å². The van der Waals surface area contributed by atoms with Crippen molar-refractivity contribution in [3.8, 4) is 22.1 Å². The van der Waals surface area contributed by atoms with E-state index in [0.29, 0.717) is 13.2 Å². The highest BCUT2D eigenvalue weighted by Crippen LogP contribution is 2.51. The molecule has 3 heterocycles. The molecule has 0 saturated carbocycles. The fraction of sp³-hybridized carbons (Fsp3) is 0.300. The lowest BCUT2D eigenvalue weighted by Gasteiger charge is -2.15. The molecule has 4 nitrogen and oxygen atoms in total. The van der Waals surface area contributed by atoms with Crippen LogP contribution < -0.4 is 14.8 Å². The molecule has 1 N–H and O–H groups in total.